The number of amides is 2. The van der Waals surface area contributed by atoms with Gasteiger partial charge in [-0.3, -0.25) is 9.59 Å². The van der Waals surface area contributed by atoms with E-state index >= 15 is 0 Å². The molecule has 0 aliphatic carbocycles. The molecule has 2 aliphatic rings. The summed E-state index contributed by atoms with van der Waals surface area (Å²) in [6.45, 7) is 4.73. The maximum atomic E-state index is 12.8. The molecule has 2 aliphatic heterocycles. The third kappa shape index (κ3) is 4.02. The Hall–Kier alpha value is -2.86. The van der Waals surface area contributed by atoms with E-state index in [0.717, 1.165) is 57.9 Å². The van der Waals surface area contributed by atoms with Crippen molar-refractivity contribution < 1.29 is 14.3 Å². The molecule has 2 heterocycles. The summed E-state index contributed by atoms with van der Waals surface area (Å²) in [5, 5.41) is 2.91. The first-order valence-corrected chi connectivity index (χ1v) is 9.85. The van der Waals surface area contributed by atoms with Crippen molar-refractivity contribution in [2.75, 3.05) is 49.6 Å². The summed E-state index contributed by atoms with van der Waals surface area (Å²) >= 11 is 0. The summed E-state index contributed by atoms with van der Waals surface area (Å²) in [6, 6.07) is 14.8. The molecule has 1 N–H and O–H groups in total. The van der Waals surface area contributed by atoms with Gasteiger partial charge < -0.3 is 19.9 Å². The minimum atomic E-state index is -0.213. The van der Waals surface area contributed by atoms with Crippen LogP contribution in [0.2, 0.25) is 0 Å². The molecule has 4 rings (SSSR count). The van der Waals surface area contributed by atoms with Crippen molar-refractivity contribution in [1.82, 2.24) is 4.90 Å². The lowest BCUT2D eigenvalue weighted by molar-refractivity contribution is 0.0794. The zero-order valence-electron chi connectivity index (χ0n) is 15.9. The van der Waals surface area contributed by atoms with Crippen LogP contribution in [0.4, 0.5) is 11.4 Å². The van der Waals surface area contributed by atoms with E-state index in [-0.39, 0.29) is 11.8 Å². The van der Waals surface area contributed by atoms with Gasteiger partial charge in [0, 0.05) is 37.4 Å². The third-order valence-electron chi connectivity index (χ3n) is 5.30. The molecule has 146 valence electrons. The van der Waals surface area contributed by atoms with E-state index in [2.05, 4.69) is 10.2 Å². The lowest BCUT2D eigenvalue weighted by Crippen LogP contribution is -2.36. The highest BCUT2D eigenvalue weighted by atomic mass is 16.5. The molecule has 2 saturated heterocycles. The number of ether oxygens (including phenoxy) is 1. The highest BCUT2D eigenvalue weighted by Gasteiger charge is 2.22. The number of hydrogen-bond donors (Lipinski definition) is 1. The van der Waals surface area contributed by atoms with Gasteiger partial charge in [0.2, 0.25) is 0 Å². The van der Waals surface area contributed by atoms with Crippen LogP contribution < -0.4 is 10.2 Å². The van der Waals surface area contributed by atoms with Crippen molar-refractivity contribution in [1.29, 1.82) is 0 Å². The summed E-state index contributed by atoms with van der Waals surface area (Å²) in [5.74, 6) is -0.230. The molecule has 0 unspecified atom stereocenters. The summed E-state index contributed by atoms with van der Waals surface area (Å²) in [5.41, 5.74) is 2.76. The fraction of sp³-hybridized carbons (Fsp3) is 0.364. The molecule has 0 aromatic heterocycles. The molecular weight excluding hydrogens is 354 g/mol. The van der Waals surface area contributed by atoms with Crippen molar-refractivity contribution >= 4 is 23.2 Å². The first-order valence-electron chi connectivity index (χ1n) is 9.85. The Balaban J connectivity index is 1.47. The van der Waals surface area contributed by atoms with Gasteiger partial charge in [0.1, 0.15) is 0 Å². The van der Waals surface area contributed by atoms with E-state index < -0.39 is 0 Å². The van der Waals surface area contributed by atoms with Gasteiger partial charge in [-0.15, -0.1) is 0 Å². The summed E-state index contributed by atoms with van der Waals surface area (Å²) < 4.78 is 5.38. The Labute approximate surface area is 165 Å². The SMILES string of the molecule is O=C(Nc1ccccc1C(=O)N1CCCC1)c1ccc(N2CCOCC2)cc1. The van der Waals surface area contributed by atoms with E-state index in [9.17, 15) is 9.59 Å². The second-order valence-corrected chi connectivity index (χ2v) is 7.15. The van der Waals surface area contributed by atoms with Gasteiger partial charge in [-0.2, -0.15) is 0 Å². The Morgan fingerprint density at radius 1 is 0.857 bits per heavy atom. The van der Waals surface area contributed by atoms with Crippen molar-refractivity contribution in [2.45, 2.75) is 12.8 Å². The van der Waals surface area contributed by atoms with E-state index in [0.29, 0.717) is 16.8 Å². The number of morpholine rings is 1. The largest absolute Gasteiger partial charge is 0.378 e. The highest BCUT2D eigenvalue weighted by molar-refractivity contribution is 6.09. The molecule has 0 radical (unpaired) electrons. The Kier molecular flexibility index (Phi) is 5.58. The van der Waals surface area contributed by atoms with Crippen LogP contribution in [0.15, 0.2) is 48.5 Å². The van der Waals surface area contributed by atoms with Gasteiger partial charge in [-0.1, -0.05) is 12.1 Å². The average molecular weight is 379 g/mol. The monoisotopic (exact) mass is 379 g/mol. The topological polar surface area (TPSA) is 61.9 Å². The lowest BCUT2D eigenvalue weighted by Gasteiger charge is -2.28. The zero-order chi connectivity index (χ0) is 19.3. The molecule has 0 spiro atoms. The molecule has 2 fully saturated rings. The molecule has 0 atom stereocenters. The maximum absolute atomic E-state index is 12.8. The van der Waals surface area contributed by atoms with Crippen molar-refractivity contribution in [3.63, 3.8) is 0 Å². The predicted octanol–water partition coefficient (Wildman–Crippen LogP) is 3.01. The number of anilines is 2. The van der Waals surface area contributed by atoms with Gasteiger partial charge in [0.25, 0.3) is 11.8 Å². The molecule has 0 saturated carbocycles. The third-order valence-corrected chi connectivity index (χ3v) is 5.30. The van der Waals surface area contributed by atoms with Crippen LogP contribution >= 0.6 is 0 Å². The van der Waals surface area contributed by atoms with Crippen LogP contribution in [-0.2, 0) is 4.74 Å². The van der Waals surface area contributed by atoms with Crippen LogP contribution in [0.1, 0.15) is 33.6 Å². The Bertz CT molecular complexity index is 838. The maximum Gasteiger partial charge on any atom is 0.255 e. The van der Waals surface area contributed by atoms with Crippen LogP contribution in [0.25, 0.3) is 0 Å². The summed E-state index contributed by atoms with van der Waals surface area (Å²) in [7, 11) is 0. The lowest BCUT2D eigenvalue weighted by atomic mass is 10.1. The predicted molar refractivity (Wildman–Crippen MR) is 109 cm³/mol. The van der Waals surface area contributed by atoms with Crippen LogP contribution in [-0.4, -0.2) is 56.1 Å². The Morgan fingerprint density at radius 3 is 2.25 bits per heavy atom. The second kappa shape index (κ2) is 8.44. The highest BCUT2D eigenvalue weighted by Crippen LogP contribution is 2.22. The van der Waals surface area contributed by atoms with Gasteiger partial charge in [0.05, 0.1) is 24.5 Å². The van der Waals surface area contributed by atoms with Gasteiger partial charge in [-0.25, -0.2) is 0 Å². The van der Waals surface area contributed by atoms with Gasteiger partial charge in [-0.05, 0) is 49.2 Å². The number of nitrogens with zero attached hydrogens (tertiary/aromatic N) is 2. The number of likely N-dealkylation sites (tertiary alicyclic amines) is 1. The smallest absolute Gasteiger partial charge is 0.255 e. The molecule has 28 heavy (non-hydrogen) atoms. The number of benzene rings is 2. The van der Waals surface area contributed by atoms with Crippen LogP contribution in [0, 0.1) is 0 Å². The molecule has 0 bridgehead atoms. The molecule has 2 aromatic carbocycles. The second-order valence-electron chi connectivity index (χ2n) is 7.15. The minimum absolute atomic E-state index is 0.0175. The molecule has 2 aromatic rings. The number of nitrogens with one attached hydrogen (secondary N) is 1. The summed E-state index contributed by atoms with van der Waals surface area (Å²) in [6.07, 6.45) is 2.07. The van der Waals surface area contributed by atoms with Crippen molar-refractivity contribution in [3.05, 3.63) is 59.7 Å². The van der Waals surface area contributed by atoms with Gasteiger partial charge in [0.15, 0.2) is 0 Å². The van der Waals surface area contributed by atoms with Crippen molar-refractivity contribution in [3.8, 4) is 0 Å². The number of para-hydroxylation sites is 1. The number of carbonyl (C=O) groups is 2. The molecule has 2 amide bonds. The number of rotatable bonds is 4. The standard InChI is InChI=1S/C22H25N3O3/c26-21(17-7-9-18(10-8-17)24-13-15-28-16-14-24)23-20-6-2-1-5-19(20)22(27)25-11-3-4-12-25/h1-2,5-10H,3-4,11-16H2,(H,23,26). The van der Waals surface area contributed by atoms with Crippen molar-refractivity contribution in [2.24, 2.45) is 0 Å². The van der Waals surface area contributed by atoms with Gasteiger partial charge >= 0.3 is 0 Å². The normalized spacial score (nSPS) is 16.9. The minimum Gasteiger partial charge on any atom is -0.378 e. The summed E-state index contributed by atoms with van der Waals surface area (Å²) in [4.78, 5) is 29.6. The quantitative estimate of drug-likeness (QED) is 0.887. The zero-order valence-corrected chi connectivity index (χ0v) is 15.9. The fourth-order valence-electron chi connectivity index (χ4n) is 3.71. The van der Waals surface area contributed by atoms with Crippen LogP contribution in [0.3, 0.4) is 0 Å². The first kappa shape index (κ1) is 18.5. The first-order chi connectivity index (χ1) is 13.7. The number of hydrogen-bond acceptors (Lipinski definition) is 4. The number of carbonyl (C=O) groups excluding carboxylic acids is 2. The van der Waals surface area contributed by atoms with E-state index in [1.807, 2.05) is 41.3 Å². The molecule has 6 heteroatoms. The van der Waals surface area contributed by atoms with E-state index in [1.54, 1.807) is 12.1 Å². The van der Waals surface area contributed by atoms with E-state index in [1.165, 1.54) is 0 Å². The Morgan fingerprint density at radius 2 is 1.54 bits per heavy atom. The molecule has 6 nitrogen and oxygen atoms in total. The van der Waals surface area contributed by atoms with Crippen LogP contribution in [0.5, 0.6) is 0 Å². The van der Waals surface area contributed by atoms with E-state index in [4.69, 9.17) is 4.74 Å². The molecular formula is C22H25N3O3. The fourth-order valence-corrected chi connectivity index (χ4v) is 3.71. The average Bonchev–Trinajstić information content (AvgIpc) is 3.29.